The summed E-state index contributed by atoms with van der Waals surface area (Å²) in [7, 11) is 0. The standard InChI is InChI=1S/C20H20N2O2S2/c1-14-12-18(22-24-14)21-20(23)19(16-6-4-3-5-7-16)26-13-15-8-10-17(25-2)11-9-15/h3-12,19H,13H2,1-2H3,(H,21,22,23). The second-order valence-electron chi connectivity index (χ2n) is 5.76. The maximum absolute atomic E-state index is 12.8. The minimum Gasteiger partial charge on any atom is -0.360 e. The van der Waals surface area contributed by atoms with Crippen molar-refractivity contribution in [2.45, 2.75) is 22.8 Å². The van der Waals surface area contributed by atoms with E-state index in [-0.39, 0.29) is 11.2 Å². The Hall–Kier alpha value is -2.18. The van der Waals surface area contributed by atoms with Gasteiger partial charge in [-0.25, -0.2) is 0 Å². The average Bonchev–Trinajstić information content (AvgIpc) is 3.08. The molecule has 1 aromatic heterocycles. The first-order valence-electron chi connectivity index (χ1n) is 8.19. The van der Waals surface area contributed by atoms with Crippen molar-refractivity contribution in [3.05, 3.63) is 77.6 Å². The van der Waals surface area contributed by atoms with Crippen LogP contribution in [0.5, 0.6) is 0 Å². The predicted molar refractivity (Wildman–Crippen MR) is 109 cm³/mol. The number of carbonyl (C=O) groups is 1. The number of nitrogens with zero attached hydrogens (tertiary/aromatic N) is 1. The van der Waals surface area contributed by atoms with E-state index >= 15 is 0 Å². The summed E-state index contributed by atoms with van der Waals surface area (Å²) in [6, 6.07) is 19.9. The van der Waals surface area contributed by atoms with E-state index in [0.717, 1.165) is 11.3 Å². The molecule has 1 atom stereocenters. The van der Waals surface area contributed by atoms with Gasteiger partial charge in [0, 0.05) is 16.7 Å². The lowest BCUT2D eigenvalue weighted by Crippen LogP contribution is -2.19. The fourth-order valence-electron chi connectivity index (χ4n) is 2.47. The van der Waals surface area contributed by atoms with Crippen LogP contribution in [0.1, 0.15) is 22.1 Å². The Morgan fingerprint density at radius 2 is 1.88 bits per heavy atom. The van der Waals surface area contributed by atoms with E-state index in [0.29, 0.717) is 11.6 Å². The maximum Gasteiger partial charge on any atom is 0.243 e. The Morgan fingerprint density at radius 1 is 1.15 bits per heavy atom. The van der Waals surface area contributed by atoms with Gasteiger partial charge < -0.3 is 9.84 Å². The summed E-state index contributed by atoms with van der Waals surface area (Å²) in [5, 5.41) is 6.37. The summed E-state index contributed by atoms with van der Waals surface area (Å²) in [4.78, 5) is 14.1. The molecule has 1 N–H and O–H groups in total. The quantitative estimate of drug-likeness (QED) is 0.559. The molecule has 3 aromatic rings. The molecule has 0 aliphatic heterocycles. The Bertz CT molecular complexity index is 848. The van der Waals surface area contributed by atoms with Crippen LogP contribution in [0.2, 0.25) is 0 Å². The highest BCUT2D eigenvalue weighted by molar-refractivity contribution is 7.99. The zero-order valence-corrected chi connectivity index (χ0v) is 16.3. The molecular weight excluding hydrogens is 364 g/mol. The van der Waals surface area contributed by atoms with Crippen LogP contribution in [0.25, 0.3) is 0 Å². The monoisotopic (exact) mass is 384 g/mol. The summed E-state index contributed by atoms with van der Waals surface area (Å²) in [6.07, 6.45) is 2.06. The first-order valence-corrected chi connectivity index (χ1v) is 10.5. The van der Waals surface area contributed by atoms with Gasteiger partial charge >= 0.3 is 0 Å². The van der Waals surface area contributed by atoms with Crippen molar-refractivity contribution in [2.75, 3.05) is 11.6 Å². The number of hydrogen-bond donors (Lipinski definition) is 1. The van der Waals surface area contributed by atoms with E-state index < -0.39 is 0 Å². The van der Waals surface area contributed by atoms with Gasteiger partial charge in [0.1, 0.15) is 11.0 Å². The summed E-state index contributed by atoms with van der Waals surface area (Å²) >= 11 is 3.32. The zero-order valence-electron chi connectivity index (χ0n) is 14.6. The van der Waals surface area contributed by atoms with Gasteiger partial charge in [-0.1, -0.05) is 47.6 Å². The van der Waals surface area contributed by atoms with Crippen molar-refractivity contribution >= 4 is 35.2 Å². The van der Waals surface area contributed by atoms with Gasteiger partial charge in [-0.05, 0) is 36.4 Å². The molecule has 0 bridgehead atoms. The molecule has 0 aliphatic rings. The molecule has 4 nitrogen and oxygen atoms in total. The molecule has 0 fully saturated rings. The second kappa shape index (κ2) is 8.96. The molecule has 3 rings (SSSR count). The topological polar surface area (TPSA) is 55.1 Å². The molecule has 0 spiro atoms. The van der Waals surface area contributed by atoms with Crippen LogP contribution < -0.4 is 5.32 Å². The molecule has 26 heavy (non-hydrogen) atoms. The molecule has 1 heterocycles. The zero-order chi connectivity index (χ0) is 18.4. The number of thioether (sulfide) groups is 2. The van der Waals surface area contributed by atoms with E-state index in [4.69, 9.17) is 4.52 Å². The Labute approximate surface area is 161 Å². The fraction of sp³-hybridized carbons (Fsp3) is 0.200. The third-order valence-electron chi connectivity index (χ3n) is 3.80. The van der Waals surface area contributed by atoms with Crippen LogP contribution in [0.4, 0.5) is 5.82 Å². The Morgan fingerprint density at radius 3 is 2.50 bits per heavy atom. The van der Waals surface area contributed by atoms with Gasteiger partial charge in [0.15, 0.2) is 5.82 Å². The van der Waals surface area contributed by atoms with Crippen LogP contribution >= 0.6 is 23.5 Å². The molecule has 0 radical (unpaired) electrons. The molecule has 0 aliphatic carbocycles. The molecule has 0 saturated carbocycles. The van der Waals surface area contributed by atoms with E-state index in [1.165, 1.54) is 10.5 Å². The van der Waals surface area contributed by atoms with Crippen molar-refractivity contribution in [2.24, 2.45) is 0 Å². The molecule has 0 saturated heterocycles. The lowest BCUT2D eigenvalue weighted by atomic mass is 10.1. The van der Waals surface area contributed by atoms with E-state index in [2.05, 4.69) is 41.0 Å². The summed E-state index contributed by atoms with van der Waals surface area (Å²) in [6.45, 7) is 1.80. The van der Waals surface area contributed by atoms with Crippen molar-refractivity contribution in [1.29, 1.82) is 0 Å². The normalized spacial score (nSPS) is 11.9. The number of rotatable bonds is 7. The molecule has 134 valence electrons. The molecular formula is C20H20N2O2S2. The lowest BCUT2D eigenvalue weighted by molar-refractivity contribution is -0.115. The van der Waals surface area contributed by atoms with E-state index in [9.17, 15) is 4.79 Å². The third kappa shape index (κ3) is 4.93. The van der Waals surface area contributed by atoms with Gasteiger partial charge in [0.05, 0.1) is 0 Å². The van der Waals surface area contributed by atoms with Crippen LogP contribution in [0.3, 0.4) is 0 Å². The lowest BCUT2D eigenvalue weighted by Gasteiger charge is -2.16. The van der Waals surface area contributed by atoms with Crippen molar-refractivity contribution in [3.63, 3.8) is 0 Å². The number of hydrogen-bond acceptors (Lipinski definition) is 5. The average molecular weight is 385 g/mol. The number of benzene rings is 2. The number of anilines is 1. The number of amides is 1. The highest BCUT2D eigenvalue weighted by Gasteiger charge is 2.22. The number of aryl methyl sites for hydroxylation is 1. The molecule has 1 amide bonds. The molecule has 1 unspecified atom stereocenters. The predicted octanol–water partition coefficient (Wildman–Crippen LogP) is 5.32. The van der Waals surface area contributed by atoms with Gasteiger partial charge in [0.25, 0.3) is 0 Å². The van der Waals surface area contributed by atoms with Crippen molar-refractivity contribution in [1.82, 2.24) is 5.16 Å². The summed E-state index contributed by atoms with van der Waals surface area (Å²) < 4.78 is 5.03. The van der Waals surface area contributed by atoms with Crippen molar-refractivity contribution in [3.8, 4) is 0 Å². The van der Waals surface area contributed by atoms with E-state index in [1.54, 1.807) is 36.5 Å². The molecule has 2 aromatic carbocycles. The van der Waals surface area contributed by atoms with Gasteiger partial charge in [0.2, 0.25) is 5.91 Å². The second-order valence-corrected chi connectivity index (χ2v) is 7.73. The fourth-order valence-corrected chi connectivity index (χ4v) is 3.99. The number of aromatic nitrogens is 1. The summed E-state index contributed by atoms with van der Waals surface area (Å²) in [5.74, 6) is 1.76. The first-order chi connectivity index (χ1) is 12.7. The van der Waals surface area contributed by atoms with Gasteiger partial charge in [-0.3, -0.25) is 4.79 Å². The minimum absolute atomic E-state index is 0.102. The third-order valence-corrected chi connectivity index (χ3v) is 5.86. The van der Waals surface area contributed by atoms with Crippen molar-refractivity contribution < 1.29 is 9.32 Å². The number of nitrogens with one attached hydrogen (secondary N) is 1. The Balaban J connectivity index is 1.73. The van der Waals surface area contributed by atoms with E-state index in [1.807, 2.05) is 30.3 Å². The SMILES string of the molecule is CSc1ccc(CSC(C(=O)Nc2cc(C)on2)c2ccccc2)cc1. The van der Waals surface area contributed by atoms with Gasteiger partial charge in [-0.2, -0.15) is 0 Å². The van der Waals surface area contributed by atoms with Crippen LogP contribution in [0.15, 0.2) is 70.1 Å². The van der Waals surface area contributed by atoms with Crippen LogP contribution in [-0.4, -0.2) is 17.3 Å². The highest BCUT2D eigenvalue weighted by atomic mass is 32.2. The molecule has 6 heteroatoms. The first kappa shape index (κ1) is 18.6. The van der Waals surface area contributed by atoms with Crippen LogP contribution in [0, 0.1) is 6.92 Å². The van der Waals surface area contributed by atoms with Gasteiger partial charge in [-0.15, -0.1) is 23.5 Å². The Kier molecular flexibility index (Phi) is 6.41. The number of carbonyl (C=O) groups excluding carboxylic acids is 1. The maximum atomic E-state index is 12.8. The largest absolute Gasteiger partial charge is 0.360 e. The summed E-state index contributed by atoms with van der Waals surface area (Å²) in [5.41, 5.74) is 2.16. The minimum atomic E-state index is -0.326. The smallest absolute Gasteiger partial charge is 0.243 e. The highest BCUT2D eigenvalue weighted by Crippen LogP contribution is 2.33. The van der Waals surface area contributed by atoms with Crippen LogP contribution in [-0.2, 0) is 10.5 Å².